The van der Waals surface area contributed by atoms with E-state index < -0.39 is 6.04 Å². The van der Waals surface area contributed by atoms with Gasteiger partial charge in [-0.25, -0.2) is 0 Å². The third-order valence-corrected chi connectivity index (χ3v) is 5.55. The Morgan fingerprint density at radius 1 is 0.853 bits per heavy atom. The zero-order chi connectivity index (χ0) is 23.5. The van der Waals surface area contributed by atoms with Crippen LogP contribution in [0.25, 0.3) is 6.08 Å². The van der Waals surface area contributed by atoms with Gasteiger partial charge in [-0.15, -0.1) is 0 Å². The Balaban J connectivity index is 1.35. The van der Waals surface area contributed by atoms with Gasteiger partial charge in [-0.2, -0.15) is 0 Å². The van der Waals surface area contributed by atoms with Crippen LogP contribution in [0.2, 0.25) is 0 Å². The first-order chi connectivity index (χ1) is 16.6. The first-order valence-corrected chi connectivity index (χ1v) is 10.7. The number of nitrogens with one attached hydrogen (secondary N) is 1. The standard InChI is InChI=1S/C26H22N2O6/c1-28(24(29)12-8-17-7-10-20-22(13-17)33-15-31-20)25(18-5-3-2-4-6-18)26(30)27-19-9-11-21-23(14-19)34-16-32-21/h2-14,25H,15-16H2,1H3,(H,27,30)/b12-8+. The molecular weight excluding hydrogens is 436 g/mol. The largest absolute Gasteiger partial charge is 0.454 e. The number of fused-ring (bicyclic) bond motifs is 2. The Labute approximate surface area is 196 Å². The molecular formula is C26H22N2O6. The predicted octanol–water partition coefficient (Wildman–Crippen LogP) is 4.00. The topological polar surface area (TPSA) is 86.3 Å². The Kier molecular flexibility index (Phi) is 5.78. The van der Waals surface area contributed by atoms with E-state index in [0.717, 1.165) is 5.56 Å². The summed E-state index contributed by atoms with van der Waals surface area (Å²) < 4.78 is 21.4. The summed E-state index contributed by atoms with van der Waals surface area (Å²) in [4.78, 5) is 27.8. The molecule has 1 N–H and O–H groups in total. The van der Waals surface area contributed by atoms with Gasteiger partial charge in [-0.1, -0.05) is 36.4 Å². The number of benzene rings is 3. The number of amides is 2. The molecule has 1 atom stereocenters. The maximum Gasteiger partial charge on any atom is 0.251 e. The van der Waals surface area contributed by atoms with Gasteiger partial charge < -0.3 is 29.2 Å². The van der Waals surface area contributed by atoms with E-state index in [1.807, 2.05) is 36.4 Å². The Hall–Kier alpha value is -4.46. The quantitative estimate of drug-likeness (QED) is 0.562. The summed E-state index contributed by atoms with van der Waals surface area (Å²) in [6.07, 6.45) is 3.11. The molecule has 172 valence electrons. The number of hydrogen-bond acceptors (Lipinski definition) is 6. The molecule has 8 heteroatoms. The lowest BCUT2D eigenvalue weighted by Crippen LogP contribution is -2.37. The fourth-order valence-corrected chi connectivity index (χ4v) is 3.80. The smallest absolute Gasteiger partial charge is 0.251 e. The van der Waals surface area contributed by atoms with Crippen LogP contribution in [0.1, 0.15) is 17.2 Å². The normalized spacial score (nSPS) is 14.1. The van der Waals surface area contributed by atoms with Gasteiger partial charge >= 0.3 is 0 Å². The first-order valence-electron chi connectivity index (χ1n) is 10.7. The summed E-state index contributed by atoms with van der Waals surface area (Å²) in [5, 5.41) is 2.89. The number of rotatable bonds is 6. The molecule has 0 fully saturated rings. The minimum atomic E-state index is -0.847. The van der Waals surface area contributed by atoms with E-state index >= 15 is 0 Å². The lowest BCUT2D eigenvalue weighted by molar-refractivity contribution is -0.133. The third kappa shape index (κ3) is 4.38. The zero-order valence-corrected chi connectivity index (χ0v) is 18.4. The molecule has 8 nitrogen and oxygen atoms in total. The number of carbonyl (C=O) groups is 2. The van der Waals surface area contributed by atoms with Gasteiger partial charge in [0.15, 0.2) is 23.0 Å². The summed E-state index contributed by atoms with van der Waals surface area (Å²) in [5.74, 6) is 1.81. The fourth-order valence-electron chi connectivity index (χ4n) is 3.80. The van der Waals surface area contributed by atoms with Crippen molar-refractivity contribution in [2.24, 2.45) is 0 Å². The molecule has 0 bridgehead atoms. The molecule has 2 heterocycles. The van der Waals surface area contributed by atoms with Crippen LogP contribution in [-0.2, 0) is 9.59 Å². The van der Waals surface area contributed by atoms with E-state index in [1.54, 1.807) is 43.5 Å². The molecule has 0 saturated carbocycles. The van der Waals surface area contributed by atoms with Gasteiger partial charge in [0.1, 0.15) is 6.04 Å². The summed E-state index contributed by atoms with van der Waals surface area (Å²) in [5.41, 5.74) is 2.02. The number of anilines is 1. The van der Waals surface area contributed by atoms with Gasteiger partial charge in [0.25, 0.3) is 5.91 Å². The van der Waals surface area contributed by atoms with E-state index in [-0.39, 0.29) is 25.4 Å². The Morgan fingerprint density at radius 2 is 1.50 bits per heavy atom. The SMILES string of the molecule is CN(C(=O)/C=C/c1ccc2c(c1)OCO2)C(C(=O)Nc1ccc2c(c1)OCO2)c1ccccc1. The fraction of sp³-hybridized carbons (Fsp3) is 0.154. The molecule has 0 aliphatic carbocycles. The molecule has 5 rings (SSSR count). The highest BCUT2D eigenvalue weighted by atomic mass is 16.7. The van der Waals surface area contributed by atoms with Crippen LogP contribution in [0.15, 0.2) is 72.8 Å². The van der Waals surface area contributed by atoms with E-state index in [2.05, 4.69) is 5.32 Å². The van der Waals surface area contributed by atoms with E-state index in [4.69, 9.17) is 18.9 Å². The van der Waals surface area contributed by atoms with Crippen molar-refractivity contribution in [3.05, 3.63) is 83.9 Å². The van der Waals surface area contributed by atoms with Gasteiger partial charge in [0.2, 0.25) is 19.5 Å². The van der Waals surface area contributed by atoms with Crippen LogP contribution < -0.4 is 24.3 Å². The predicted molar refractivity (Wildman–Crippen MR) is 125 cm³/mol. The molecule has 0 saturated heterocycles. The maximum absolute atomic E-state index is 13.3. The zero-order valence-electron chi connectivity index (χ0n) is 18.4. The Morgan fingerprint density at radius 3 is 2.24 bits per heavy atom. The van der Waals surface area contributed by atoms with E-state index in [1.165, 1.54) is 11.0 Å². The van der Waals surface area contributed by atoms with E-state index in [9.17, 15) is 9.59 Å². The molecule has 34 heavy (non-hydrogen) atoms. The monoisotopic (exact) mass is 458 g/mol. The Bertz CT molecular complexity index is 1260. The number of nitrogens with zero attached hydrogens (tertiary/aromatic N) is 1. The minimum Gasteiger partial charge on any atom is -0.454 e. The highest BCUT2D eigenvalue weighted by Gasteiger charge is 2.28. The first kappa shape index (κ1) is 21.4. The summed E-state index contributed by atoms with van der Waals surface area (Å²) >= 11 is 0. The van der Waals surface area contributed by atoms with Crippen molar-refractivity contribution >= 4 is 23.6 Å². The average molecular weight is 458 g/mol. The highest BCUT2D eigenvalue weighted by molar-refractivity contribution is 6.00. The van der Waals surface area contributed by atoms with Gasteiger partial charge in [-0.05, 0) is 41.5 Å². The maximum atomic E-state index is 13.3. The van der Waals surface area contributed by atoms with Crippen LogP contribution in [0.3, 0.4) is 0 Å². The molecule has 0 spiro atoms. The van der Waals surface area contributed by atoms with Crippen LogP contribution in [0.4, 0.5) is 5.69 Å². The molecule has 1 unspecified atom stereocenters. The van der Waals surface area contributed by atoms with Crippen molar-refractivity contribution in [3.8, 4) is 23.0 Å². The average Bonchev–Trinajstić information content (AvgIpc) is 3.52. The summed E-state index contributed by atoms with van der Waals surface area (Å²) in [6, 6.07) is 18.9. The molecule has 2 aliphatic heterocycles. The van der Waals surface area contributed by atoms with Crippen LogP contribution in [0.5, 0.6) is 23.0 Å². The van der Waals surface area contributed by atoms with Crippen molar-refractivity contribution in [2.45, 2.75) is 6.04 Å². The number of hydrogen-bond donors (Lipinski definition) is 1. The second-order valence-electron chi connectivity index (χ2n) is 7.77. The van der Waals surface area contributed by atoms with Gasteiger partial charge in [0, 0.05) is 24.9 Å². The van der Waals surface area contributed by atoms with Crippen molar-refractivity contribution in [1.82, 2.24) is 4.90 Å². The van der Waals surface area contributed by atoms with Crippen molar-refractivity contribution in [3.63, 3.8) is 0 Å². The lowest BCUT2D eigenvalue weighted by Gasteiger charge is -2.27. The van der Waals surface area contributed by atoms with Crippen molar-refractivity contribution in [2.75, 3.05) is 26.0 Å². The van der Waals surface area contributed by atoms with Crippen LogP contribution in [0, 0.1) is 0 Å². The molecule has 0 aromatic heterocycles. The second kappa shape index (κ2) is 9.19. The van der Waals surface area contributed by atoms with Gasteiger partial charge in [-0.3, -0.25) is 9.59 Å². The number of carbonyl (C=O) groups excluding carboxylic acids is 2. The summed E-state index contributed by atoms with van der Waals surface area (Å²) in [6.45, 7) is 0.327. The molecule has 2 aliphatic rings. The minimum absolute atomic E-state index is 0.145. The van der Waals surface area contributed by atoms with Crippen molar-refractivity contribution in [1.29, 1.82) is 0 Å². The van der Waals surface area contributed by atoms with Gasteiger partial charge in [0.05, 0.1) is 0 Å². The van der Waals surface area contributed by atoms with E-state index in [0.29, 0.717) is 34.2 Å². The molecule has 3 aromatic rings. The number of likely N-dealkylation sites (N-methyl/N-ethyl adjacent to an activating group) is 1. The third-order valence-electron chi connectivity index (χ3n) is 5.55. The summed E-state index contributed by atoms with van der Waals surface area (Å²) in [7, 11) is 1.60. The van der Waals surface area contributed by atoms with Crippen LogP contribution in [-0.4, -0.2) is 37.3 Å². The number of ether oxygens (including phenoxy) is 4. The lowest BCUT2D eigenvalue weighted by atomic mass is 10.0. The molecule has 2 amide bonds. The highest BCUT2D eigenvalue weighted by Crippen LogP contribution is 2.35. The second-order valence-corrected chi connectivity index (χ2v) is 7.77. The van der Waals surface area contributed by atoms with Crippen molar-refractivity contribution < 1.29 is 28.5 Å². The molecule has 0 radical (unpaired) electrons. The molecule has 3 aromatic carbocycles. The van der Waals surface area contributed by atoms with Crippen LogP contribution >= 0.6 is 0 Å².